The molecule has 0 aliphatic heterocycles. The van der Waals surface area contributed by atoms with Crippen molar-refractivity contribution < 1.29 is 23.2 Å². The third-order valence-electron chi connectivity index (χ3n) is 2.45. The van der Waals surface area contributed by atoms with Crippen molar-refractivity contribution in [2.24, 2.45) is 0 Å². The number of benzene rings is 1. The molecule has 21 heavy (non-hydrogen) atoms. The van der Waals surface area contributed by atoms with Gasteiger partial charge in [0.1, 0.15) is 10.7 Å². The molecule has 1 N–H and O–H groups in total. The summed E-state index contributed by atoms with van der Waals surface area (Å²) in [6, 6.07) is 1.75. The molecule has 0 atom stereocenters. The van der Waals surface area contributed by atoms with Crippen molar-refractivity contribution in [3.8, 4) is 5.69 Å². The number of halogens is 3. The van der Waals surface area contributed by atoms with E-state index in [-0.39, 0.29) is 5.01 Å². The summed E-state index contributed by atoms with van der Waals surface area (Å²) in [7, 11) is 0. The number of hydrogen-bond acceptors (Lipinski definition) is 6. The van der Waals surface area contributed by atoms with Gasteiger partial charge in [0.2, 0.25) is 0 Å². The number of nitrogens with zero attached hydrogens (tertiary/aromatic N) is 3. The van der Waals surface area contributed by atoms with Gasteiger partial charge in [-0.05, 0) is 12.1 Å². The monoisotopic (exact) mass is 321 g/mol. The van der Waals surface area contributed by atoms with E-state index in [1.807, 2.05) is 0 Å². The average Bonchev–Trinajstić information content (AvgIpc) is 2.78. The number of aliphatic hydroxyl groups is 1. The van der Waals surface area contributed by atoms with Crippen LogP contribution in [-0.2, 0) is 12.8 Å². The fourth-order valence-corrected chi connectivity index (χ4v) is 2.17. The lowest BCUT2D eigenvalue weighted by atomic mass is 10.1. The van der Waals surface area contributed by atoms with Crippen LogP contribution in [0.3, 0.4) is 0 Å². The lowest BCUT2D eigenvalue weighted by Gasteiger charge is -2.08. The highest BCUT2D eigenvalue weighted by atomic mass is 32.1. The van der Waals surface area contributed by atoms with Gasteiger partial charge in [-0.1, -0.05) is 11.3 Å². The largest absolute Gasteiger partial charge is 0.416 e. The average molecular weight is 321 g/mol. The molecule has 7 nitrogen and oxygen atoms in total. The second kappa shape index (κ2) is 5.26. The molecule has 0 aliphatic carbocycles. The minimum Gasteiger partial charge on any atom is -0.389 e. The number of alkyl halides is 3. The van der Waals surface area contributed by atoms with Crippen molar-refractivity contribution in [2.45, 2.75) is 12.8 Å². The van der Waals surface area contributed by atoms with Gasteiger partial charge in [-0.25, -0.2) is 0 Å². The minimum absolute atomic E-state index is 0.00537. The van der Waals surface area contributed by atoms with Gasteiger partial charge < -0.3 is 5.11 Å². The number of aromatic nitrogens is 2. The molecule has 112 valence electrons. The number of rotatable bonds is 3. The molecule has 0 saturated heterocycles. The summed E-state index contributed by atoms with van der Waals surface area (Å²) in [5.74, 6) is 0. The van der Waals surface area contributed by atoms with Crippen LogP contribution in [0.15, 0.2) is 23.0 Å². The van der Waals surface area contributed by atoms with E-state index in [2.05, 4.69) is 5.10 Å². The molecule has 0 unspecified atom stereocenters. The Morgan fingerprint density at radius 3 is 2.57 bits per heavy atom. The Bertz CT molecular complexity index is 753. The first kappa shape index (κ1) is 15.1. The van der Waals surface area contributed by atoms with Crippen LogP contribution < -0.4 is 4.87 Å². The SMILES string of the molecule is O=c1sc(CO)nn1-c1ccc(C(F)(F)F)cc1[N+](=O)[O-]. The molecule has 1 aromatic carbocycles. The molecule has 1 heterocycles. The van der Waals surface area contributed by atoms with Crippen LogP contribution >= 0.6 is 11.3 Å². The van der Waals surface area contributed by atoms with Crippen molar-refractivity contribution in [3.05, 3.63) is 48.6 Å². The summed E-state index contributed by atoms with van der Waals surface area (Å²) < 4.78 is 38.3. The fourth-order valence-electron chi connectivity index (χ4n) is 1.56. The number of hydrogen-bond donors (Lipinski definition) is 1. The van der Waals surface area contributed by atoms with E-state index in [0.29, 0.717) is 28.2 Å². The summed E-state index contributed by atoms with van der Waals surface area (Å²) >= 11 is 0.541. The summed E-state index contributed by atoms with van der Waals surface area (Å²) in [5, 5.41) is 23.4. The molecular formula is C10H6F3N3O4S. The molecule has 1 aromatic heterocycles. The zero-order valence-electron chi connectivity index (χ0n) is 9.99. The Labute approximate surface area is 118 Å². The minimum atomic E-state index is -4.74. The normalized spacial score (nSPS) is 11.6. The quantitative estimate of drug-likeness (QED) is 0.685. The lowest BCUT2D eigenvalue weighted by Crippen LogP contribution is -2.15. The lowest BCUT2D eigenvalue weighted by molar-refractivity contribution is -0.384. The predicted molar refractivity (Wildman–Crippen MR) is 65.3 cm³/mol. The standard InChI is InChI=1S/C10H6F3N3O4S/c11-10(12,13)5-1-2-6(7(3-5)16(19)20)15-9(18)21-8(4-17)14-15/h1-3,17H,4H2. The van der Waals surface area contributed by atoms with Crippen molar-refractivity contribution in [1.82, 2.24) is 9.78 Å². The van der Waals surface area contributed by atoms with Crippen LogP contribution in [0, 0.1) is 10.1 Å². The van der Waals surface area contributed by atoms with Gasteiger partial charge in [0, 0.05) is 6.07 Å². The Morgan fingerprint density at radius 1 is 1.43 bits per heavy atom. The van der Waals surface area contributed by atoms with Crippen LogP contribution in [0.5, 0.6) is 0 Å². The maximum Gasteiger partial charge on any atom is 0.416 e. The van der Waals surface area contributed by atoms with Crippen LogP contribution in [0.4, 0.5) is 18.9 Å². The van der Waals surface area contributed by atoms with Crippen LogP contribution in [0.1, 0.15) is 10.6 Å². The third-order valence-corrected chi connectivity index (χ3v) is 3.25. The molecule has 0 amide bonds. The van der Waals surface area contributed by atoms with Crippen molar-refractivity contribution in [3.63, 3.8) is 0 Å². The third kappa shape index (κ3) is 2.92. The van der Waals surface area contributed by atoms with E-state index in [1.54, 1.807) is 0 Å². The molecule has 0 saturated carbocycles. The van der Waals surface area contributed by atoms with E-state index in [0.717, 1.165) is 6.07 Å². The number of nitro benzene ring substituents is 1. The van der Waals surface area contributed by atoms with E-state index in [9.17, 15) is 28.1 Å². The zero-order chi connectivity index (χ0) is 15.8. The Morgan fingerprint density at radius 2 is 2.10 bits per heavy atom. The highest BCUT2D eigenvalue weighted by Gasteiger charge is 2.33. The summed E-state index contributed by atoms with van der Waals surface area (Å²) in [5.41, 5.74) is -2.50. The van der Waals surface area contributed by atoms with Gasteiger partial charge in [-0.15, -0.1) is 0 Å². The first-order valence-electron chi connectivity index (χ1n) is 5.30. The molecule has 0 aliphatic rings. The van der Waals surface area contributed by atoms with Gasteiger partial charge >= 0.3 is 11.0 Å². The number of aliphatic hydroxyl groups excluding tert-OH is 1. The molecule has 2 rings (SSSR count). The van der Waals surface area contributed by atoms with E-state index in [4.69, 9.17) is 5.11 Å². The Balaban J connectivity index is 2.66. The van der Waals surface area contributed by atoms with Crippen molar-refractivity contribution in [1.29, 1.82) is 0 Å². The van der Waals surface area contributed by atoms with Crippen LogP contribution in [0.2, 0.25) is 0 Å². The molecular weight excluding hydrogens is 315 g/mol. The van der Waals surface area contributed by atoms with Crippen LogP contribution in [-0.4, -0.2) is 19.8 Å². The van der Waals surface area contributed by atoms with Crippen molar-refractivity contribution in [2.75, 3.05) is 0 Å². The van der Waals surface area contributed by atoms with E-state index < -0.39 is 39.5 Å². The molecule has 0 fully saturated rings. The highest BCUT2D eigenvalue weighted by Crippen LogP contribution is 2.33. The van der Waals surface area contributed by atoms with Gasteiger partial charge in [0.05, 0.1) is 17.1 Å². The number of nitro groups is 1. The van der Waals surface area contributed by atoms with Crippen LogP contribution in [0.25, 0.3) is 5.69 Å². The summed E-state index contributed by atoms with van der Waals surface area (Å²) in [6.45, 7) is -0.554. The predicted octanol–water partition coefficient (Wildman–Crippen LogP) is 1.71. The Kier molecular flexibility index (Phi) is 3.78. The maximum atomic E-state index is 12.6. The van der Waals surface area contributed by atoms with Crippen molar-refractivity contribution >= 4 is 17.0 Å². The zero-order valence-corrected chi connectivity index (χ0v) is 10.8. The smallest absolute Gasteiger partial charge is 0.389 e. The molecule has 0 bridgehead atoms. The van der Waals surface area contributed by atoms with Gasteiger partial charge in [0.15, 0.2) is 0 Å². The van der Waals surface area contributed by atoms with E-state index >= 15 is 0 Å². The maximum absolute atomic E-state index is 12.6. The molecule has 0 radical (unpaired) electrons. The first-order chi connectivity index (χ1) is 9.74. The molecule has 0 spiro atoms. The molecule has 11 heteroatoms. The summed E-state index contributed by atoms with van der Waals surface area (Å²) in [4.78, 5) is 20.7. The topological polar surface area (TPSA) is 98.3 Å². The second-order valence-electron chi connectivity index (χ2n) is 3.79. The van der Waals surface area contributed by atoms with E-state index in [1.165, 1.54) is 0 Å². The van der Waals surface area contributed by atoms with Gasteiger partial charge in [-0.2, -0.15) is 23.0 Å². The van der Waals surface area contributed by atoms with Gasteiger partial charge in [0.25, 0.3) is 5.69 Å². The fraction of sp³-hybridized carbons (Fsp3) is 0.200. The first-order valence-corrected chi connectivity index (χ1v) is 6.11. The second-order valence-corrected chi connectivity index (χ2v) is 4.81. The molecule has 2 aromatic rings. The van der Waals surface area contributed by atoms with Gasteiger partial charge in [-0.3, -0.25) is 14.9 Å². The highest BCUT2D eigenvalue weighted by molar-refractivity contribution is 7.08. The Hall–Kier alpha value is -2.27. The summed E-state index contributed by atoms with van der Waals surface area (Å²) in [6.07, 6.45) is -4.74.